The molecule has 4 rings (SSSR count). The van der Waals surface area contributed by atoms with Gasteiger partial charge in [0.2, 0.25) is 17.7 Å². The molecule has 3 amide bonds. The van der Waals surface area contributed by atoms with Crippen molar-refractivity contribution in [2.45, 2.75) is 32.2 Å². The molecule has 1 unspecified atom stereocenters. The topological polar surface area (TPSA) is 121 Å². The predicted molar refractivity (Wildman–Crippen MR) is 158 cm³/mol. The van der Waals surface area contributed by atoms with E-state index in [1.54, 1.807) is 25.4 Å². The third-order valence-electron chi connectivity index (χ3n) is 7.34. The number of carbonyl (C=O) groups excluding carboxylic acids is 4. The van der Waals surface area contributed by atoms with Gasteiger partial charge in [-0.3, -0.25) is 19.2 Å². The van der Waals surface area contributed by atoms with Crippen molar-refractivity contribution in [3.8, 4) is 5.75 Å². The van der Waals surface area contributed by atoms with E-state index in [2.05, 4.69) is 4.98 Å². The second-order valence-corrected chi connectivity index (χ2v) is 11.0. The number of fused-ring (bicyclic) bond motifs is 1. The average Bonchev–Trinajstić information content (AvgIpc) is 3.65. The van der Waals surface area contributed by atoms with Crippen molar-refractivity contribution in [2.75, 3.05) is 60.2 Å². The molecule has 12 heteroatoms. The Balaban J connectivity index is 1.54. The number of benzene rings is 1. The highest BCUT2D eigenvalue weighted by Crippen LogP contribution is 2.25. The van der Waals surface area contributed by atoms with Crippen LogP contribution in [0.15, 0.2) is 41.9 Å². The number of hydrogen-bond donors (Lipinski definition) is 1. The molecule has 0 spiro atoms. The van der Waals surface area contributed by atoms with E-state index in [9.17, 15) is 19.2 Å². The quantitative estimate of drug-likeness (QED) is 0.267. The molecule has 0 saturated carbocycles. The van der Waals surface area contributed by atoms with Crippen molar-refractivity contribution in [3.05, 3.63) is 52.3 Å². The molecule has 0 aliphatic carbocycles. The fraction of sp³-hybridized carbons (Fsp3) is 0.467. The van der Waals surface area contributed by atoms with Crippen LogP contribution >= 0.6 is 11.3 Å². The van der Waals surface area contributed by atoms with E-state index in [1.165, 1.54) is 21.8 Å². The molecule has 1 fully saturated rings. The van der Waals surface area contributed by atoms with Crippen LogP contribution in [-0.2, 0) is 41.5 Å². The van der Waals surface area contributed by atoms with E-state index in [0.717, 1.165) is 21.3 Å². The summed E-state index contributed by atoms with van der Waals surface area (Å²) in [6, 6.07) is 8.65. The standard InChI is InChI=1S/C30H38N4O7S/c1-4-41-29(37)20-32(11-9-21-18-31-25-8-7-22(40-3)16-24(21)25)27(35)17-26-30(38)33(13-14-39-2)19-28(36)34(26)12-10-23-6-5-15-42-23/h5-8,15-16,18,26,31H,4,9-14,17,19-20H2,1-3H3. The van der Waals surface area contributed by atoms with Gasteiger partial charge < -0.3 is 33.9 Å². The first-order valence-corrected chi connectivity index (χ1v) is 14.9. The Morgan fingerprint density at radius 1 is 1.14 bits per heavy atom. The summed E-state index contributed by atoms with van der Waals surface area (Å²) in [6.07, 6.45) is 2.67. The van der Waals surface area contributed by atoms with Crippen molar-refractivity contribution >= 4 is 45.9 Å². The highest BCUT2D eigenvalue weighted by atomic mass is 32.1. The third kappa shape index (κ3) is 7.68. The van der Waals surface area contributed by atoms with Crippen molar-refractivity contribution in [3.63, 3.8) is 0 Å². The van der Waals surface area contributed by atoms with Crippen LogP contribution in [-0.4, -0.2) is 110 Å². The fourth-order valence-corrected chi connectivity index (χ4v) is 5.80. The minimum atomic E-state index is -0.974. The Labute approximate surface area is 249 Å². The zero-order valence-electron chi connectivity index (χ0n) is 24.3. The number of carbonyl (C=O) groups is 4. The summed E-state index contributed by atoms with van der Waals surface area (Å²) >= 11 is 1.58. The summed E-state index contributed by atoms with van der Waals surface area (Å²) in [4.78, 5) is 61.8. The molecule has 0 bridgehead atoms. The largest absolute Gasteiger partial charge is 0.497 e. The summed E-state index contributed by atoms with van der Waals surface area (Å²) in [7, 11) is 3.13. The summed E-state index contributed by atoms with van der Waals surface area (Å²) < 4.78 is 15.6. The summed E-state index contributed by atoms with van der Waals surface area (Å²) in [5, 5.41) is 2.92. The van der Waals surface area contributed by atoms with Gasteiger partial charge in [0.25, 0.3) is 0 Å². The van der Waals surface area contributed by atoms with Gasteiger partial charge in [0, 0.05) is 48.7 Å². The molecule has 0 radical (unpaired) electrons. The number of nitrogens with zero attached hydrogens (tertiary/aromatic N) is 3. The van der Waals surface area contributed by atoms with Gasteiger partial charge in [-0.2, -0.15) is 0 Å². The van der Waals surface area contributed by atoms with E-state index in [4.69, 9.17) is 14.2 Å². The van der Waals surface area contributed by atoms with Crippen LogP contribution in [0, 0.1) is 0 Å². The van der Waals surface area contributed by atoms with Crippen molar-refractivity contribution in [2.24, 2.45) is 0 Å². The van der Waals surface area contributed by atoms with Crippen LogP contribution in [0.25, 0.3) is 10.9 Å². The zero-order valence-corrected chi connectivity index (χ0v) is 25.1. The van der Waals surface area contributed by atoms with Crippen molar-refractivity contribution < 1.29 is 33.4 Å². The maximum absolute atomic E-state index is 13.8. The molecular weight excluding hydrogens is 560 g/mol. The maximum atomic E-state index is 13.8. The maximum Gasteiger partial charge on any atom is 0.325 e. The number of H-pyrrole nitrogens is 1. The Morgan fingerprint density at radius 3 is 2.69 bits per heavy atom. The van der Waals surface area contributed by atoms with E-state index in [-0.39, 0.29) is 57.6 Å². The molecule has 1 N–H and O–H groups in total. The molecule has 1 aliphatic rings. The molecule has 226 valence electrons. The SMILES string of the molecule is CCOC(=O)CN(CCc1c[nH]c2ccc(OC)cc12)C(=O)CC1C(=O)N(CCOC)CC(=O)N1CCc1cccs1. The number of nitrogens with one attached hydrogen (secondary N) is 1. The van der Waals surface area contributed by atoms with Crippen LogP contribution in [0.2, 0.25) is 0 Å². The second-order valence-electron chi connectivity index (χ2n) is 9.98. The smallest absolute Gasteiger partial charge is 0.325 e. The van der Waals surface area contributed by atoms with E-state index in [0.29, 0.717) is 25.1 Å². The molecule has 3 heterocycles. The zero-order chi connectivity index (χ0) is 30.1. The molecule has 1 aliphatic heterocycles. The van der Waals surface area contributed by atoms with Crippen LogP contribution in [0.5, 0.6) is 5.75 Å². The Hall–Kier alpha value is -3.90. The Kier molecular flexibility index (Phi) is 11.0. The second kappa shape index (κ2) is 14.8. The number of amides is 3. The van der Waals surface area contributed by atoms with Crippen molar-refractivity contribution in [1.29, 1.82) is 0 Å². The van der Waals surface area contributed by atoms with E-state index < -0.39 is 17.9 Å². The number of esters is 1. The molecule has 42 heavy (non-hydrogen) atoms. The lowest BCUT2D eigenvalue weighted by atomic mass is 10.0. The Morgan fingerprint density at radius 2 is 1.98 bits per heavy atom. The van der Waals surface area contributed by atoms with Gasteiger partial charge in [-0.1, -0.05) is 6.07 Å². The molecular formula is C30H38N4O7S. The lowest BCUT2D eigenvalue weighted by Gasteiger charge is -2.40. The summed E-state index contributed by atoms with van der Waals surface area (Å²) in [5.41, 5.74) is 1.88. The average molecular weight is 599 g/mol. The van der Waals surface area contributed by atoms with Gasteiger partial charge in [0.15, 0.2) is 0 Å². The van der Waals surface area contributed by atoms with E-state index >= 15 is 0 Å². The fourth-order valence-electron chi connectivity index (χ4n) is 5.10. The van der Waals surface area contributed by atoms with Crippen LogP contribution < -0.4 is 4.74 Å². The number of rotatable bonds is 15. The molecule has 1 saturated heterocycles. The molecule has 1 atom stereocenters. The number of aromatic nitrogens is 1. The molecule has 1 aromatic carbocycles. The molecule has 2 aromatic heterocycles. The number of aromatic amines is 1. The van der Waals surface area contributed by atoms with Gasteiger partial charge in [-0.05, 0) is 55.0 Å². The number of methoxy groups -OCH3 is 2. The summed E-state index contributed by atoms with van der Waals surface area (Å²) in [6.45, 7) is 2.64. The first-order chi connectivity index (χ1) is 20.3. The number of hydrogen-bond acceptors (Lipinski definition) is 8. The lowest BCUT2D eigenvalue weighted by molar-refractivity contribution is -0.159. The highest BCUT2D eigenvalue weighted by Gasteiger charge is 2.41. The number of ether oxygens (including phenoxy) is 3. The van der Waals surface area contributed by atoms with Gasteiger partial charge in [-0.25, -0.2) is 0 Å². The first-order valence-electron chi connectivity index (χ1n) is 14.0. The van der Waals surface area contributed by atoms with Crippen molar-refractivity contribution in [1.82, 2.24) is 19.7 Å². The highest BCUT2D eigenvalue weighted by molar-refractivity contribution is 7.09. The van der Waals surface area contributed by atoms with Gasteiger partial charge in [-0.15, -0.1) is 11.3 Å². The first kappa shape index (κ1) is 31.0. The third-order valence-corrected chi connectivity index (χ3v) is 8.27. The molecule has 3 aromatic rings. The minimum Gasteiger partial charge on any atom is -0.497 e. The molecule has 11 nitrogen and oxygen atoms in total. The van der Waals surface area contributed by atoms with Crippen LogP contribution in [0.1, 0.15) is 23.8 Å². The van der Waals surface area contributed by atoms with Crippen LogP contribution in [0.3, 0.4) is 0 Å². The normalized spacial score (nSPS) is 15.4. The van der Waals surface area contributed by atoms with Gasteiger partial charge >= 0.3 is 5.97 Å². The monoisotopic (exact) mass is 598 g/mol. The Bertz CT molecular complexity index is 1370. The van der Waals surface area contributed by atoms with Gasteiger partial charge in [0.1, 0.15) is 18.3 Å². The van der Waals surface area contributed by atoms with Crippen LogP contribution in [0.4, 0.5) is 0 Å². The predicted octanol–water partition coefficient (Wildman–Crippen LogP) is 2.49. The van der Waals surface area contributed by atoms with Gasteiger partial charge in [0.05, 0.1) is 33.3 Å². The lowest BCUT2D eigenvalue weighted by Crippen LogP contribution is -2.61. The number of piperazine rings is 1. The minimum absolute atomic E-state index is 0.0616. The van der Waals surface area contributed by atoms with E-state index in [1.807, 2.05) is 41.9 Å². The summed E-state index contributed by atoms with van der Waals surface area (Å²) in [5.74, 6) is -0.741. The number of thiophene rings is 1.